The Morgan fingerprint density at radius 3 is 2.52 bits per heavy atom. The predicted octanol–water partition coefficient (Wildman–Crippen LogP) is 5.44. The lowest BCUT2D eigenvalue weighted by atomic mass is 9.97. The molecule has 0 radical (unpaired) electrons. The molecule has 1 nitrogen and oxygen atoms in total. The van der Waals surface area contributed by atoms with Crippen LogP contribution < -0.4 is 5.32 Å². The topological polar surface area (TPSA) is 12.0 Å². The molecule has 0 bridgehead atoms. The Balaban J connectivity index is 2.30. The third-order valence-corrected chi connectivity index (χ3v) is 4.31. The molecule has 1 N–H and O–H groups in total. The molecule has 112 valence electrons. The summed E-state index contributed by atoms with van der Waals surface area (Å²) < 4.78 is 14.6. The number of nitrogens with one attached hydrogen (secondary N) is 1. The molecule has 0 aliphatic heterocycles. The van der Waals surface area contributed by atoms with Gasteiger partial charge in [0.25, 0.3) is 0 Å². The van der Waals surface area contributed by atoms with E-state index in [1.807, 2.05) is 18.2 Å². The molecular formula is C17H18BrClFN. The van der Waals surface area contributed by atoms with Crippen LogP contribution in [0.4, 0.5) is 4.39 Å². The average Bonchev–Trinajstić information content (AvgIpc) is 2.45. The summed E-state index contributed by atoms with van der Waals surface area (Å²) in [5.41, 5.74) is 2.77. The van der Waals surface area contributed by atoms with Crippen LogP contribution in [0.1, 0.15) is 29.7 Å². The highest BCUT2D eigenvalue weighted by molar-refractivity contribution is 9.10. The Morgan fingerprint density at radius 1 is 1.24 bits per heavy atom. The van der Waals surface area contributed by atoms with Crippen LogP contribution in [-0.4, -0.2) is 6.54 Å². The number of aryl methyl sites for hydroxylation is 1. The van der Waals surface area contributed by atoms with Gasteiger partial charge in [0.2, 0.25) is 0 Å². The molecule has 0 aliphatic carbocycles. The lowest BCUT2D eigenvalue weighted by molar-refractivity contribution is 0.546. The van der Waals surface area contributed by atoms with Crippen molar-refractivity contribution in [2.45, 2.75) is 26.3 Å². The highest BCUT2D eigenvalue weighted by atomic mass is 79.9. The van der Waals surface area contributed by atoms with Crippen LogP contribution in [0.25, 0.3) is 0 Å². The molecule has 0 aromatic heterocycles. The first-order chi connectivity index (χ1) is 10.0. The maximum atomic E-state index is 13.6. The highest BCUT2D eigenvalue weighted by Gasteiger charge is 2.16. The summed E-state index contributed by atoms with van der Waals surface area (Å²) in [6.45, 7) is 4.64. The van der Waals surface area contributed by atoms with Gasteiger partial charge in [-0.05, 0) is 54.8 Å². The van der Waals surface area contributed by atoms with Crippen molar-refractivity contribution >= 4 is 27.5 Å². The minimum atomic E-state index is -0.261. The minimum absolute atomic E-state index is 0.0722. The molecule has 0 aliphatic rings. The van der Waals surface area contributed by atoms with Gasteiger partial charge >= 0.3 is 0 Å². The molecule has 0 saturated carbocycles. The summed E-state index contributed by atoms with van der Waals surface area (Å²) in [4.78, 5) is 0. The van der Waals surface area contributed by atoms with Crippen LogP contribution in [0.15, 0.2) is 40.9 Å². The zero-order valence-electron chi connectivity index (χ0n) is 12.1. The maximum Gasteiger partial charge on any atom is 0.127 e. The summed E-state index contributed by atoms with van der Waals surface area (Å²) >= 11 is 9.67. The first-order valence-corrected chi connectivity index (χ1v) is 8.11. The van der Waals surface area contributed by atoms with Gasteiger partial charge in [-0.3, -0.25) is 0 Å². The predicted molar refractivity (Wildman–Crippen MR) is 90.4 cm³/mol. The van der Waals surface area contributed by atoms with Gasteiger partial charge in [0.05, 0.1) is 0 Å². The van der Waals surface area contributed by atoms with E-state index in [0.717, 1.165) is 23.0 Å². The summed E-state index contributed by atoms with van der Waals surface area (Å²) in [5, 5.41) is 3.90. The van der Waals surface area contributed by atoms with Gasteiger partial charge in [0, 0.05) is 15.5 Å². The van der Waals surface area contributed by atoms with E-state index >= 15 is 0 Å². The van der Waals surface area contributed by atoms with Crippen molar-refractivity contribution < 1.29 is 4.39 Å². The van der Waals surface area contributed by atoms with Gasteiger partial charge in [-0.15, -0.1) is 0 Å². The summed E-state index contributed by atoms with van der Waals surface area (Å²) in [5.74, 6) is -0.261. The third-order valence-electron chi connectivity index (χ3n) is 3.46. The zero-order chi connectivity index (χ0) is 15.4. The Morgan fingerprint density at radius 2 is 1.90 bits per heavy atom. The second-order valence-electron chi connectivity index (χ2n) is 5.06. The Labute approximate surface area is 138 Å². The van der Waals surface area contributed by atoms with E-state index in [1.54, 1.807) is 6.92 Å². The van der Waals surface area contributed by atoms with Gasteiger partial charge in [-0.1, -0.05) is 52.7 Å². The first-order valence-electron chi connectivity index (χ1n) is 6.94. The van der Waals surface area contributed by atoms with Crippen LogP contribution in [0.2, 0.25) is 5.02 Å². The van der Waals surface area contributed by atoms with E-state index in [-0.39, 0.29) is 11.9 Å². The lowest BCUT2D eigenvalue weighted by Crippen LogP contribution is -2.23. The van der Waals surface area contributed by atoms with E-state index in [4.69, 9.17) is 11.6 Å². The third kappa shape index (κ3) is 4.29. The molecule has 2 aromatic rings. The molecule has 4 heteroatoms. The van der Waals surface area contributed by atoms with Crippen molar-refractivity contribution in [2.75, 3.05) is 6.54 Å². The fourth-order valence-corrected chi connectivity index (χ4v) is 2.89. The molecule has 0 heterocycles. The SMILES string of the molecule is CCNC(Cc1ccc(Br)cc1)c1cc(C)c(F)cc1Cl. The molecular weight excluding hydrogens is 353 g/mol. The largest absolute Gasteiger partial charge is 0.310 e. The van der Waals surface area contributed by atoms with Crippen LogP contribution >= 0.6 is 27.5 Å². The number of rotatable bonds is 5. The van der Waals surface area contributed by atoms with Crippen LogP contribution in [0.3, 0.4) is 0 Å². The van der Waals surface area contributed by atoms with Crippen LogP contribution in [0.5, 0.6) is 0 Å². The molecule has 2 aromatic carbocycles. The molecule has 0 fully saturated rings. The normalized spacial score (nSPS) is 12.4. The smallest absolute Gasteiger partial charge is 0.127 e. The van der Waals surface area contributed by atoms with E-state index in [9.17, 15) is 4.39 Å². The Bertz CT molecular complexity index is 613. The van der Waals surface area contributed by atoms with Gasteiger partial charge < -0.3 is 5.32 Å². The van der Waals surface area contributed by atoms with E-state index in [1.165, 1.54) is 11.6 Å². The highest BCUT2D eigenvalue weighted by Crippen LogP contribution is 2.28. The van der Waals surface area contributed by atoms with Gasteiger partial charge in [0.15, 0.2) is 0 Å². The van der Waals surface area contributed by atoms with Crippen LogP contribution in [0, 0.1) is 12.7 Å². The van der Waals surface area contributed by atoms with Crippen molar-refractivity contribution in [3.05, 3.63) is 68.4 Å². The number of hydrogen-bond donors (Lipinski definition) is 1. The monoisotopic (exact) mass is 369 g/mol. The van der Waals surface area contributed by atoms with Crippen molar-refractivity contribution in [2.24, 2.45) is 0 Å². The Kier molecular flexibility index (Phi) is 5.80. The first kappa shape index (κ1) is 16.5. The summed E-state index contributed by atoms with van der Waals surface area (Å²) in [6, 6.07) is 11.5. The maximum absolute atomic E-state index is 13.6. The fraction of sp³-hybridized carbons (Fsp3) is 0.294. The quantitative estimate of drug-likeness (QED) is 0.738. The van der Waals surface area contributed by atoms with E-state index < -0.39 is 0 Å². The van der Waals surface area contributed by atoms with Gasteiger partial charge in [-0.25, -0.2) is 4.39 Å². The van der Waals surface area contributed by atoms with Gasteiger partial charge in [0.1, 0.15) is 5.82 Å². The van der Waals surface area contributed by atoms with E-state index in [2.05, 4.69) is 40.3 Å². The Hall–Kier alpha value is -0.900. The summed E-state index contributed by atoms with van der Waals surface area (Å²) in [7, 11) is 0. The molecule has 0 spiro atoms. The minimum Gasteiger partial charge on any atom is -0.310 e. The molecule has 1 unspecified atom stereocenters. The number of benzene rings is 2. The van der Waals surface area contributed by atoms with Gasteiger partial charge in [-0.2, -0.15) is 0 Å². The van der Waals surface area contributed by atoms with Crippen LogP contribution in [-0.2, 0) is 6.42 Å². The number of hydrogen-bond acceptors (Lipinski definition) is 1. The number of halogens is 3. The van der Waals surface area contributed by atoms with Crippen molar-refractivity contribution in [3.8, 4) is 0 Å². The van der Waals surface area contributed by atoms with Crippen molar-refractivity contribution in [1.82, 2.24) is 5.32 Å². The molecule has 0 amide bonds. The zero-order valence-corrected chi connectivity index (χ0v) is 14.4. The molecule has 1 atom stereocenters. The number of likely N-dealkylation sites (N-methyl/N-ethyl adjacent to an activating group) is 1. The summed E-state index contributed by atoms with van der Waals surface area (Å²) in [6.07, 6.45) is 0.811. The average molecular weight is 371 g/mol. The lowest BCUT2D eigenvalue weighted by Gasteiger charge is -2.20. The van der Waals surface area contributed by atoms with E-state index in [0.29, 0.717) is 10.6 Å². The molecule has 0 saturated heterocycles. The standard InChI is InChI=1S/C17H18BrClFN/c1-3-21-17(9-12-4-6-13(18)7-5-12)14-8-11(2)16(20)10-15(14)19/h4-8,10,17,21H,3,9H2,1-2H3. The van der Waals surface area contributed by atoms with Crippen molar-refractivity contribution in [1.29, 1.82) is 0 Å². The molecule has 2 rings (SSSR count). The second-order valence-corrected chi connectivity index (χ2v) is 6.39. The molecule has 21 heavy (non-hydrogen) atoms. The fourth-order valence-electron chi connectivity index (χ4n) is 2.34. The van der Waals surface area contributed by atoms with Crippen molar-refractivity contribution in [3.63, 3.8) is 0 Å². The second kappa shape index (κ2) is 7.39.